The lowest BCUT2D eigenvalue weighted by molar-refractivity contribution is -0.104. The Morgan fingerprint density at radius 3 is 2.65 bits per heavy atom. The molecule has 2 aliphatic rings. The molecule has 3 heteroatoms. The van der Waals surface area contributed by atoms with E-state index >= 15 is 0 Å². The summed E-state index contributed by atoms with van der Waals surface area (Å²) < 4.78 is 12.0. The number of ether oxygens (including phenoxy) is 2. The molecule has 138 valence electrons. The number of hydrogen-bond donors (Lipinski definition) is 1. The summed E-state index contributed by atoms with van der Waals surface area (Å²) in [5.74, 6) is 1.20. The molecule has 2 aromatic carbocycles. The minimum atomic E-state index is -0.111. The van der Waals surface area contributed by atoms with Crippen molar-refractivity contribution in [1.29, 1.82) is 0 Å². The molecule has 0 aromatic heterocycles. The lowest BCUT2D eigenvalue weighted by Crippen LogP contribution is -2.39. The summed E-state index contributed by atoms with van der Waals surface area (Å²) in [6.07, 6.45) is 3.14. The first kappa shape index (κ1) is 17.7. The van der Waals surface area contributed by atoms with Crippen LogP contribution in [0.2, 0.25) is 0 Å². The monoisotopic (exact) mass is 351 g/mol. The molecule has 3 atom stereocenters. The zero-order valence-corrected chi connectivity index (χ0v) is 15.6. The first-order valence-electron chi connectivity index (χ1n) is 9.83. The van der Waals surface area contributed by atoms with Gasteiger partial charge in [-0.25, -0.2) is 0 Å². The van der Waals surface area contributed by atoms with Crippen molar-refractivity contribution in [3.05, 3.63) is 70.8 Å². The van der Waals surface area contributed by atoms with Crippen molar-refractivity contribution in [1.82, 2.24) is 0 Å². The van der Waals surface area contributed by atoms with Crippen molar-refractivity contribution in [3.8, 4) is 0 Å². The molecule has 4 rings (SSSR count). The van der Waals surface area contributed by atoms with Gasteiger partial charge in [0.05, 0.1) is 13.2 Å². The third-order valence-corrected chi connectivity index (χ3v) is 6.07. The molecule has 3 unspecified atom stereocenters. The van der Waals surface area contributed by atoms with Gasteiger partial charge in [0.2, 0.25) is 0 Å². The maximum atomic E-state index is 6.28. The van der Waals surface area contributed by atoms with Crippen LogP contribution in [0.25, 0.3) is 0 Å². The smallest absolute Gasteiger partial charge is 0.161 e. The molecule has 26 heavy (non-hydrogen) atoms. The highest BCUT2D eigenvalue weighted by molar-refractivity contribution is 5.34. The van der Waals surface area contributed by atoms with Crippen LogP contribution in [-0.2, 0) is 22.3 Å². The van der Waals surface area contributed by atoms with Crippen LogP contribution in [-0.4, -0.2) is 26.0 Å². The van der Waals surface area contributed by atoms with E-state index in [-0.39, 0.29) is 6.29 Å². The molecule has 0 saturated carbocycles. The van der Waals surface area contributed by atoms with E-state index in [1.165, 1.54) is 22.3 Å². The van der Waals surface area contributed by atoms with Crippen LogP contribution < -0.4 is 5.73 Å². The highest BCUT2D eigenvalue weighted by Crippen LogP contribution is 2.43. The second kappa shape index (κ2) is 7.91. The van der Waals surface area contributed by atoms with Crippen molar-refractivity contribution in [2.75, 3.05) is 19.8 Å². The summed E-state index contributed by atoms with van der Waals surface area (Å²) >= 11 is 0. The molecule has 1 fully saturated rings. The third-order valence-electron chi connectivity index (χ3n) is 6.07. The van der Waals surface area contributed by atoms with Crippen molar-refractivity contribution in [2.45, 2.75) is 38.4 Å². The Labute approximate surface area is 156 Å². The maximum Gasteiger partial charge on any atom is 0.161 e. The van der Waals surface area contributed by atoms with Gasteiger partial charge in [0, 0.05) is 5.92 Å². The van der Waals surface area contributed by atoms with Crippen LogP contribution in [0.4, 0.5) is 0 Å². The van der Waals surface area contributed by atoms with Gasteiger partial charge in [-0.3, -0.25) is 0 Å². The Hall–Kier alpha value is -1.68. The first-order valence-corrected chi connectivity index (χ1v) is 9.83. The van der Waals surface area contributed by atoms with Crippen molar-refractivity contribution in [3.63, 3.8) is 0 Å². The van der Waals surface area contributed by atoms with E-state index in [1.807, 2.05) is 0 Å². The molecule has 0 radical (unpaired) electrons. The summed E-state index contributed by atoms with van der Waals surface area (Å²) in [7, 11) is 0. The highest BCUT2D eigenvalue weighted by Gasteiger charge is 2.40. The van der Waals surface area contributed by atoms with Crippen LogP contribution >= 0.6 is 0 Å². The largest absolute Gasteiger partial charge is 0.350 e. The van der Waals surface area contributed by atoms with Crippen LogP contribution in [0, 0.1) is 18.8 Å². The van der Waals surface area contributed by atoms with Crippen LogP contribution in [0.1, 0.15) is 34.6 Å². The molecule has 1 saturated heterocycles. The number of nitrogens with two attached hydrogens (primary N) is 1. The molecule has 2 N–H and O–H groups in total. The molecule has 1 aliphatic heterocycles. The van der Waals surface area contributed by atoms with Gasteiger partial charge in [0.25, 0.3) is 0 Å². The Balaban J connectivity index is 1.65. The van der Waals surface area contributed by atoms with Gasteiger partial charge in [0.1, 0.15) is 0 Å². The second-order valence-electron chi connectivity index (χ2n) is 7.71. The van der Waals surface area contributed by atoms with E-state index in [0.29, 0.717) is 37.5 Å². The topological polar surface area (TPSA) is 44.5 Å². The van der Waals surface area contributed by atoms with E-state index in [9.17, 15) is 0 Å². The first-order chi connectivity index (χ1) is 12.8. The molecular formula is C23H29NO2. The predicted molar refractivity (Wildman–Crippen MR) is 104 cm³/mol. The standard InChI is InChI=1S/C23H29NO2/c1-16-5-4-6-17(13-16)14-21(23-25-11-12-26-23)20-10-9-18-7-2-3-8-19(18)22(20)15-24/h2-8,13,20-23H,9-12,14-15,24H2,1H3. The van der Waals surface area contributed by atoms with Crippen molar-refractivity contribution < 1.29 is 9.47 Å². The molecule has 3 nitrogen and oxygen atoms in total. The molecule has 0 spiro atoms. The highest BCUT2D eigenvalue weighted by atomic mass is 16.7. The SMILES string of the molecule is Cc1cccc(CC(C2OCCO2)C2CCc3ccccc3C2CN)c1. The number of benzene rings is 2. The quantitative estimate of drug-likeness (QED) is 0.890. The van der Waals surface area contributed by atoms with E-state index < -0.39 is 0 Å². The Morgan fingerprint density at radius 1 is 1.08 bits per heavy atom. The maximum absolute atomic E-state index is 6.28. The fourth-order valence-electron chi connectivity index (χ4n) is 4.88. The van der Waals surface area contributed by atoms with E-state index in [2.05, 4.69) is 55.5 Å². The minimum Gasteiger partial charge on any atom is -0.350 e. The fraction of sp³-hybridized carbons (Fsp3) is 0.478. The van der Waals surface area contributed by atoms with Gasteiger partial charge < -0.3 is 15.2 Å². The van der Waals surface area contributed by atoms with Crippen LogP contribution in [0.5, 0.6) is 0 Å². The fourth-order valence-corrected chi connectivity index (χ4v) is 4.88. The number of hydrogen-bond acceptors (Lipinski definition) is 3. The lowest BCUT2D eigenvalue weighted by Gasteiger charge is -2.40. The average molecular weight is 351 g/mol. The number of rotatable bonds is 5. The van der Waals surface area contributed by atoms with Gasteiger partial charge in [-0.1, -0.05) is 54.1 Å². The van der Waals surface area contributed by atoms with E-state index in [4.69, 9.17) is 15.2 Å². The Bertz CT molecular complexity index is 738. The minimum absolute atomic E-state index is 0.111. The number of aryl methyl sites for hydroxylation is 2. The van der Waals surface area contributed by atoms with Gasteiger partial charge in [-0.2, -0.15) is 0 Å². The molecule has 2 aromatic rings. The van der Waals surface area contributed by atoms with E-state index in [0.717, 1.165) is 19.3 Å². The number of fused-ring (bicyclic) bond motifs is 1. The normalized spacial score (nSPS) is 24.4. The Morgan fingerprint density at radius 2 is 1.88 bits per heavy atom. The van der Waals surface area contributed by atoms with Crippen LogP contribution in [0.15, 0.2) is 48.5 Å². The van der Waals surface area contributed by atoms with Gasteiger partial charge in [0.15, 0.2) is 6.29 Å². The van der Waals surface area contributed by atoms with Gasteiger partial charge >= 0.3 is 0 Å². The molecule has 1 heterocycles. The van der Waals surface area contributed by atoms with Gasteiger partial charge in [-0.05, 0) is 61.3 Å². The summed E-state index contributed by atoms with van der Waals surface area (Å²) in [5.41, 5.74) is 11.8. The lowest BCUT2D eigenvalue weighted by atomic mass is 9.68. The third kappa shape index (κ3) is 3.57. The molecule has 1 aliphatic carbocycles. The molecular weight excluding hydrogens is 322 g/mol. The summed E-state index contributed by atoms with van der Waals surface area (Å²) in [5, 5.41) is 0. The zero-order chi connectivity index (χ0) is 17.9. The average Bonchev–Trinajstić information content (AvgIpc) is 3.20. The van der Waals surface area contributed by atoms with Crippen LogP contribution in [0.3, 0.4) is 0 Å². The summed E-state index contributed by atoms with van der Waals surface area (Å²) in [6.45, 7) is 4.23. The molecule has 0 amide bonds. The van der Waals surface area contributed by atoms with Crippen molar-refractivity contribution in [2.24, 2.45) is 17.6 Å². The predicted octanol–water partition coefficient (Wildman–Crippen LogP) is 3.83. The molecule has 0 bridgehead atoms. The van der Waals surface area contributed by atoms with Gasteiger partial charge in [-0.15, -0.1) is 0 Å². The zero-order valence-electron chi connectivity index (χ0n) is 15.6. The van der Waals surface area contributed by atoms with Crippen molar-refractivity contribution >= 4 is 0 Å². The summed E-state index contributed by atoms with van der Waals surface area (Å²) in [4.78, 5) is 0. The van der Waals surface area contributed by atoms with E-state index in [1.54, 1.807) is 0 Å². The summed E-state index contributed by atoms with van der Waals surface area (Å²) in [6, 6.07) is 17.6. The second-order valence-corrected chi connectivity index (χ2v) is 7.71. The Kier molecular flexibility index (Phi) is 5.39.